The highest BCUT2D eigenvalue weighted by Crippen LogP contribution is 2.26. The number of hydrogen-bond donors (Lipinski definition) is 2. The van der Waals surface area contributed by atoms with E-state index in [1.165, 1.54) is 11.8 Å². The zero-order chi connectivity index (χ0) is 18.9. The van der Waals surface area contributed by atoms with Crippen LogP contribution in [0.2, 0.25) is 0 Å². The summed E-state index contributed by atoms with van der Waals surface area (Å²) >= 11 is 1.47. The van der Waals surface area contributed by atoms with Gasteiger partial charge in [0.25, 0.3) is 0 Å². The van der Waals surface area contributed by atoms with Crippen molar-refractivity contribution in [2.45, 2.75) is 36.8 Å². The SMILES string of the molecule is CCCC(=O)Nc1ccc(SC(C)C(=O)Nc2ccc(OC)cc2)cc1. The largest absolute Gasteiger partial charge is 0.497 e. The minimum atomic E-state index is -0.252. The number of thioether (sulfide) groups is 1. The van der Waals surface area contributed by atoms with Crippen LogP contribution in [-0.2, 0) is 9.59 Å². The Bertz CT molecular complexity index is 730. The average Bonchev–Trinajstić information content (AvgIpc) is 2.64. The fourth-order valence-electron chi connectivity index (χ4n) is 2.24. The molecule has 1 atom stereocenters. The van der Waals surface area contributed by atoms with Gasteiger partial charge in [0.15, 0.2) is 0 Å². The highest BCUT2D eigenvalue weighted by molar-refractivity contribution is 8.00. The second-order valence-electron chi connectivity index (χ2n) is 5.80. The van der Waals surface area contributed by atoms with Crippen molar-refractivity contribution < 1.29 is 14.3 Å². The summed E-state index contributed by atoms with van der Waals surface area (Å²) < 4.78 is 5.10. The first-order valence-electron chi connectivity index (χ1n) is 8.53. The number of methoxy groups -OCH3 is 1. The predicted molar refractivity (Wildman–Crippen MR) is 107 cm³/mol. The Morgan fingerprint density at radius 1 is 1.00 bits per heavy atom. The summed E-state index contributed by atoms with van der Waals surface area (Å²) in [5.41, 5.74) is 1.50. The van der Waals surface area contributed by atoms with Gasteiger partial charge in [0.1, 0.15) is 5.75 Å². The number of hydrogen-bond acceptors (Lipinski definition) is 4. The molecule has 5 nitrogen and oxygen atoms in total. The maximum absolute atomic E-state index is 12.3. The van der Waals surface area contributed by atoms with Crippen molar-refractivity contribution in [2.24, 2.45) is 0 Å². The van der Waals surface area contributed by atoms with Crippen LogP contribution in [0.1, 0.15) is 26.7 Å². The highest BCUT2D eigenvalue weighted by atomic mass is 32.2. The molecule has 0 radical (unpaired) electrons. The molecule has 0 bridgehead atoms. The molecule has 0 saturated heterocycles. The fourth-order valence-corrected chi connectivity index (χ4v) is 3.11. The van der Waals surface area contributed by atoms with Crippen LogP contribution < -0.4 is 15.4 Å². The van der Waals surface area contributed by atoms with Crippen molar-refractivity contribution in [3.05, 3.63) is 48.5 Å². The van der Waals surface area contributed by atoms with E-state index in [-0.39, 0.29) is 17.1 Å². The quantitative estimate of drug-likeness (QED) is 0.667. The summed E-state index contributed by atoms with van der Waals surface area (Å²) in [6, 6.07) is 14.7. The first-order valence-corrected chi connectivity index (χ1v) is 9.41. The Kier molecular flexibility index (Phi) is 7.53. The van der Waals surface area contributed by atoms with E-state index in [0.29, 0.717) is 6.42 Å². The first-order chi connectivity index (χ1) is 12.5. The van der Waals surface area contributed by atoms with Crippen molar-refractivity contribution in [3.8, 4) is 5.75 Å². The first kappa shape index (κ1) is 19.8. The number of anilines is 2. The van der Waals surface area contributed by atoms with E-state index in [1.807, 2.05) is 50.2 Å². The monoisotopic (exact) mass is 372 g/mol. The molecule has 2 amide bonds. The Balaban J connectivity index is 1.88. The molecule has 138 valence electrons. The van der Waals surface area contributed by atoms with Gasteiger partial charge in [0.2, 0.25) is 11.8 Å². The molecule has 0 aliphatic carbocycles. The molecular weight excluding hydrogens is 348 g/mol. The lowest BCUT2D eigenvalue weighted by molar-refractivity contribution is -0.116. The van der Waals surface area contributed by atoms with Gasteiger partial charge in [-0.2, -0.15) is 0 Å². The van der Waals surface area contributed by atoms with Gasteiger partial charge in [0, 0.05) is 22.7 Å². The van der Waals surface area contributed by atoms with Gasteiger partial charge in [-0.05, 0) is 61.9 Å². The van der Waals surface area contributed by atoms with E-state index in [9.17, 15) is 9.59 Å². The molecule has 0 aromatic heterocycles. The van der Waals surface area contributed by atoms with Crippen LogP contribution in [0.4, 0.5) is 11.4 Å². The topological polar surface area (TPSA) is 67.4 Å². The van der Waals surface area contributed by atoms with Crippen molar-refractivity contribution in [2.75, 3.05) is 17.7 Å². The number of ether oxygens (including phenoxy) is 1. The third-order valence-corrected chi connectivity index (χ3v) is 4.77. The van der Waals surface area contributed by atoms with Gasteiger partial charge in [-0.15, -0.1) is 11.8 Å². The van der Waals surface area contributed by atoms with E-state index in [0.717, 1.165) is 28.4 Å². The predicted octanol–water partition coefficient (Wildman–Crippen LogP) is 4.55. The number of benzene rings is 2. The molecule has 0 aliphatic heterocycles. The van der Waals surface area contributed by atoms with Gasteiger partial charge >= 0.3 is 0 Å². The van der Waals surface area contributed by atoms with Crippen LogP contribution in [-0.4, -0.2) is 24.2 Å². The summed E-state index contributed by atoms with van der Waals surface area (Å²) in [5.74, 6) is 0.692. The van der Waals surface area contributed by atoms with Gasteiger partial charge in [-0.1, -0.05) is 6.92 Å². The number of carbonyl (C=O) groups is 2. The number of rotatable bonds is 8. The van der Waals surface area contributed by atoms with Crippen molar-refractivity contribution in [1.29, 1.82) is 0 Å². The molecule has 2 rings (SSSR count). The van der Waals surface area contributed by atoms with Crippen LogP contribution in [0.5, 0.6) is 5.75 Å². The van der Waals surface area contributed by atoms with Crippen LogP contribution >= 0.6 is 11.8 Å². The lowest BCUT2D eigenvalue weighted by Crippen LogP contribution is -2.22. The molecule has 1 unspecified atom stereocenters. The average molecular weight is 372 g/mol. The zero-order valence-electron chi connectivity index (χ0n) is 15.2. The van der Waals surface area contributed by atoms with E-state index in [2.05, 4.69) is 10.6 Å². The third kappa shape index (κ3) is 6.11. The maximum atomic E-state index is 12.3. The molecule has 6 heteroatoms. The van der Waals surface area contributed by atoms with E-state index in [1.54, 1.807) is 19.2 Å². The van der Waals surface area contributed by atoms with Crippen LogP contribution in [0, 0.1) is 0 Å². The van der Waals surface area contributed by atoms with Crippen molar-refractivity contribution in [1.82, 2.24) is 0 Å². The molecule has 0 aliphatic rings. The van der Waals surface area contributed by atoms with Crippen molar-refractivity contribution in [3.63, 3.8) is 0 Å². The van der Waals surface area contributed by atoms with Gasteiger partial charge in [0.05, 0.1) is 12.4 Å². The molecule has 26 heavy (non-hydrogen) atoms. The minimum Gasteiger partial charge on any atom is -0.497 e. The van der Waals surface area contributed by atoms with Gasteiger partial charge < -0.3 is 15.4 Å². The zero-order valence-corrected chi connectivity index (χ0v) is 16.1. The van der Waals surface area contributed by atoms with Crippen LogP contribution in [0.25, 0.3) is 0 Å². The molecule has 2 N–H and O–H groups in total. The van der Waals surface area contributed by atoms with Gasteiger partial charge in [-0.3, -0.25) is 9.59 Å². The minimum absolute atomic E-state index is 0.0140. The fraction of sp³-hybridized carbons (Fsp3) is 0.300. The molecule has 0 spiro atoms. The maximum Gasteiger partial charge on any atom is 0.237 e. The summed E-state index contributed by atoms with van der Waals surface area (Å²) in [6.45, 7) is 3.83. The van der Waals surface area contributed by atoms with Crippen LogP contribution in [0.15, 0.2) is 53.4 Å². The number of nitrogens with one attached hydrogen (secondary N) is 2. The lowest BCUT2D eigenvalue weighted by Gasteiger charge is -2.13. The molecule has 2 aromatic rings. The number of amides is 2. The Morgan fingerprint density at radius 3 is 2.15 bits per heavy atom. The highest BCUT2D eigenvalue weighted by Gasteiger charge is 2.14. The number of carbonyl (C=O) groups excluding carboxylic acids is 2. The molecule has 2 aromatic carbocycles. The Morgan fingerprint density at radius 2 is 1.58 bits per heavy atom. The molecule has 0 saturated carbocycles. The molecule has 0 heterocycles. The summed E-state index contributed by atoms with van der Waals surface area (Å²) in [4.78, 5) is 24.9. The van der Waals surface area contributed by atoms with E-state index >= 15 is 0 Å². The second kappa shape index (κ2) is 9.87. The smallest absolute Gasteiger partial charge is 0.237 e. The standard InChI is InChI=1S/C20H24N2O3S/c1-4-5-19(23)21-15-8-12-18(13-9-15)26-14(2)20(24)22-16-6-10-17(25-3)11-7-16/h6-14H,4-5H2,1-3H3,(H,21,23)(H,22,24). The second-order valence-corrected chi connectivity index (χ2v) is 7.21. The normalized spacial score (nSPS) is 11.5. The Labute approximate surface area is 158 Å². The van der Waals surface area contributed by atoms with E-state index < -0.39 is 0 Å². The summed E-state index contributed by atoms with van der Waals surface area (Å²) in [5, 5.41) is 5.49. The summed E-state index contributed by atoms with van der Waals surface area (Å²) in [6.07, 6.45) is 1.33. The van der Waals surface area contributed by atoms with Crippen molar-refractivity contribution >= 4 is 35.0 Å². The van der Waals surface area contributed by atoms with E-state index in [4.69, 9.17) is 4.74 Å². The summed E-state index contributed by atoms with van der Waals surface area (Å²) in [7, 11) is 1.60. The third-order valence-electron chi connectivity index (χ3n) is 3.65. The van der Waals surface area contributed by atoms with Gasteiger partial charge in [-0.25, -0.2) is 0 Å². The molecule has 0 fully saturated rings. The van der Waals surface area contributed by atoms with Crippen LogP contribution in [0.3, 0.4) is 0 Å². The Hall–Kier alpha value is -2.47. The lowest BCUT2D eigenvalue weighted by atomic mass is 10.3. The molecular formula is C20H24N2O3S.